The molecule has 0 aliphatic heterocycles. The molecule has 0 atom stereocenters. The number of carbonyl (C=O) groups excluding carboxylic acids is 3. The zero-order chi connectivity index (χ0) is 14.4. The van der Waals surface area contributed by atoms with Crippen LogP contribution in [0.4, 0.5) is 5.69 Å². The number of nitrogens with zero attached hydrogens (tertiary/aromatic N) is 1. The van der Waals surface area contributed by atoms with E-state index >= 15 is 0 Å². The maximum Gasteiger partial charge on any atom is 0.318 e. The van der Waals surface area contributed by atoms with Gasteiger partial charge in [0.25, 0.3) is 0 Å². The van der Waals surface area contributed by atoms with Crippen LogP contribution in [0.1, 0.15) is 6.92 Å². The zero-order valence-electron chi connectivity index (χ0n) is 10.4. The molecule has 0 aliphatic carbocycles. The number of hydrogen-bond acceptors (Lipinski definition) is 5. The van der Waals surface area contributed by atoms with Crippen LogP contribution in [0, 0.1) is 0 Å². The topological polar surface area (TPSA) is 113 Å². The van der Waals surface area contributed by atoms with Crippen LogP contribution in [0.5, 0.6) is 5.75 Å². The maximum absolute atomic E-state index is 11.7. The predicted octanol–water partition coefficient (Wildman–Crippen LogP) is -0.336. The van der Waals surface area contributed by atoms with E-state index in [1.807, 2.05) is 0 Å². The molecular formula is C12H15N3O4. The lowest BCUT2D eigenvalue weighted by Crippen LogP contribution is -2.44. The Morgan fingerprint density at radius 3 is 2.47 bits per heavy atom. The summed E-state index contributed by atoms with van der Waals surface area (Å²) in [5.41, 5.74) is 5.36. The number of carbonyl (C=O) groups is 3. The SMILES string of the molecule is CC(=O)N(CCN)C(=O)C(=O)Nc1ccccc1O. The number of rotatable bonds is 3. The van der Waals surface area contributed by atoms with Gasteiger partial charge in [-0.1, -0.05) is 12.1 Å². The molecular weight excluding hydrogens is 250 g/mol. The summed E-state index contributed by atoms with van der Waals surface area (Å²) in [4.78, 5) is 35.4. The molecule has 0 unspecified atom stereocenters. The molecule has 1 rings (SSSR count). The van der Waals surface area contributed by atoms with Crippen LogP contribution in [0.25, 0.3) is 0 Å². The number of nitrogens with one attached hydrogen (secondary N) is 1. The smallest absolute Gasteiger partial charge is 0.318 e. The molecule has 7 heteroatoms. The Kier molecular flexibility index (Phi) is 5.01. The lowest BCUT2D eigenvalue weighted by atomic mass is 10.3. The van der Waals surface area contributed by atoms with Gasteiger partial charge in [0.15, 0.2) is 0 Å². The molecule has 0 aliphatic rings. The van der Waals surface area contributed by atoms with Crippen LogP contribution in [-0.4, -0.2) is 40.8 Å². The number of benzene rings is 1. The lowest BCUT2D eigenvalue weighted by Gasteiger charge is -2.17. The minimum absolute atomic E-state index is 0.0393. The molecule has 19 heavy (non-hydrogen) atoms. The molecule has 0 radical (unpaired) electrons. The number of hydrogen-bond donors (Lipinski definition) is 3. The number of phenols is 1. The number of imide groups is 1. The van der Waals surface area contributed by atoms with Crippen molar-refractivity contribution in [2.75, 3.05) is 18.4 Å². The Balaban J connectivity index is 2.80. The van der Waals surface area contributed by atoms with Gasteiger partial charge in [0.05, 0.1) is 5.69 Å². The van der Waals surface area contributed by atoms with Crippen LogP contribution in [0.2, 0.25) is 0 Å². The second kappa shape index (κ2) is 6.50. The maximum atomic E-state index is 11.7. The van der Waals surface area contributed by atoms with E-state index in [0.717, 1.165) is 4.90 Å². The van der Waals surface area contributed by atoms with Crippen molar-refractivity contribution >= 4 is 23.4 Å². The molecule has 7 nitrogen and oxygen atoms in total. The molecule has 3 amide bonds. The molecule has 102 valence electrons. The van der Waals surface area contributed by atoms with Gasteiger partial charge in [-0.25, -0.2) is 0 Å². The summed E-state index contributed by atoms with van der Waals surface area (Å²) < 4.78 is 0. The Hall–Kier alpha value is -2.41. The Bertz CT molecular complexity index is 502. The molecule has 0 aromatic heterocycles. The zero-order valence-corrected chi connectivity index (χ0v) is 10.4. The van der Waals surface area contributed by atoms with Gasteiger partial charge in [0.1, 0.15) is 5.75 Å². The van der Waals surface area contributed by atoms with Crippen molar-refractivity contribution in [1.82, 2.24) is 4.90 Å². The summed E-state index contributed by atoms with van der Waals surface area (Å²) in [7, 11) is 0. The number of amides is 3. The highest BCUT2D eigenvalue weighted by atomic mass is 16.3. The first-order valence-electron chi connectivity index (χ1n) is 5.59. The van der Waals surface area contributed by atoms with Gasteiger partial charge < -0.3 is 16.2 Å². The highest BCUT2D eigenvalue weighted by Gasteiger charge is 2.24. The average Bonchev–Trinajstić information content (AvgIpc) is 2.37. The molecule has 4 N–H and O–H groups in total. The number of nitrogens with two attached hydrogens (primary N) is 1. The Morgan fingerprint density at radius 1 is 1.32 bits per heavy atom. The summed E-state index contributed by atoms with van der Waals surface area (Å²) >= 11 is 0. The standard InChI is InChI=1S/C12H15N3O4/c1-8(16)15(7-6-13)12(19)11(18)14-9-4-2-3-5-10(9)17/h2-5,17H,6-7,13H2,1H3,(H,14,18). The summed E-state index contributed by atoms with van der Waals surface area (Å²) in [6.07, 6.45) is 0. The highest BCUT2D eigenvalue weighted by molar-refractivity contribution is 6.41. The van der Waals surface area contributed by atoms with E-state index in [9.17, 15) is 19.5 Å². The van der Waals surface area contributed by atoms with E-state index in [4.69, 9.17) is 5.73 Å². The fraction of sp³-hybridized carbons (Fsp3) is 0.250. The summed E-state index contributed by atoms with van der Waals surface area (Å²) in [6, 6.07) is 5.95. The van der Waals surface area contributed by atoms with Gasteiger partial charge in [-0.3, -0.25) is 19.3 Å². The summed E-state index contributed by atoms with van der Waals surface area (Å²) in [5, 5.41) is 11.7. The molecule has 1 aromatic rings. The van der Waals surface area contributed by atoms with Crippen molar-refractivity contribution in [1.29, 1.82) is 0 Å². The second-order valence-corrected chi connectivity index (χ2v) is 3.74. The van der Waals surface area contributed by atoms with Gasteiger partial charge in [-0.15, -0.1) is 0 Å². The molecule has 0 fully saturated rings. The van der Waals surface area contributed by atoms with Crippen molar-refractivity contribution in [2.24, 2.45) is 5.73 Å². The predicted molar refractivity (Wildman–Crippen MR) is 68.2 cm³/mol. The molecule has 0 saturated carbocycles. The molecule has 1 aromatic carbocycles. The van der Waals surface area contributed by atoms with Crippen LogP contribution in [0.3, 0.4) is 0 Å². The third-order valence-electron chi connectivity index (χ3n) is 2.32. The van der Waals surface area contributed by atoms with Gasteiger partial charge in [-0.2, -0.15) is 0 Å². The third kappa shape index (κ3) is 3.78. The first-order chi connectivity index (χ1) is 8.97. The van der Waals surface area contributed by atoms with E-state index in [-0.39, 0.29) is 24.5 Å². The van der Waals surface area contributed by atoms with Crippen LogP contribution in [0.15, 0.2) is 24.3 Å². The van der Waals surface area contributed by atoms with E-state index in [2.05, 4.69) is 5.32 Å². The van der Waals surface area contributed by atoms with Crippen molar-refractivity contribution in [3.8, 4) is 5.75 Å². The van der Waals surface area contributed by atoms with Gasteiger partial charge >= 0.3 is 11.8 Å². The van der Waals surface area contributed by atoms with Crippen molar-refractivity contribution in [3.63, 3.8) is 0 Å². The fourth-order valence-electron chi connectivity index (χ4n) is 1.41. The van der Waals surface area contributed by atoms with Crippen molar-refractivity contribution in [3.05, 3.63) is 24.3 Å². The van der Waals surface area contributed by atoms with E-state index in [0.29, 0.717) is 0 Å². The normalized spacial score (nSPS) is 9.79. The Labute approximate surface area is 110 Å². The van der Waals surface area contributed by atoms with Gasteiger partial charge in [0, 0.05) is 20.0 Å². The van der Waals surface area contributed by atoms with Crippen LogP contribution >= 0.6 is 0 Å². The van der Waals surface area contributed by atoms with E-state index in [1.165, 1.54) is 19.1 Å². The fourth-order valence-corrected chi connectivity index (χ4v) is 1.41. The quantitative estimate of drug-likeness (QED) is 0.511. The minimum Gasteiger partial charge on any atom is -0.506 e. The lowest BCUT2D eigenvalue weighted by molar-refractivity contribution is -0.149. The van der Waals surface area contributed by atoms with Crippen molar-refractivity contribution < 1.29 is 19.5 Å². The largest absolute Gasteiger partial charge is 0.506 e. The van der Waals surface area contributed by atoms with Crippen LogP contribution < -0.4 is 11.1 Å². The number of phenolic OH excluding ortho intramolecular Hbond substituents is 1. The van der Waals surface area contributed by atoms with E-state index < -0.39 is 17.7 Å². The summed E-state index contributed by atoms with van der Waals surface area (Å²) in [5.74, 6) is -2.76. The van der Waals surface area contributed by atoms with Gasteiger partial charge in [0.2, 0.25) is 5.91 Å². The first-order valence-corrected chi connectivity index (χ1v) is 5.59. The highest BCUT2D eigenvalue weighted by Crippen LogP contribution is 2.21. The minimum atomic E-state index is -1.01. The Morgan fingerprint density at radius 2 is 1.95 bits per heavy atom. The van der Waals surface area contributed by atoms with Crippen molar-refractivity contribution in [2.45, 2.75) is 6.92 Å². The summed E-state index contributed by atoms with van der Waals surface area (Å²) in [6.45, 7) is 1.19. The average molecular weight is 265 g/mol. The monoisotopic (exact) mass is 265 g/mol. The van der Waals surface area contributed by atoms with Gasteiger partial charge in [-0.05, 0) is 12.1 Å². The van der Waals surface area contributed by atoms with Crippen LogP contribution in [-0.2, 0) is 14.4 Å². The number of aromatic hydroxyl groups is 1. The third-order valence-corrected chi connectivity index (χ3v) is 2.32. The first kappa shape index (κ1) is 14.7. The van der Waals surface area contributed by atoms with E-state index in [1.54, 1.807) is 12.1 Å². The number of para-hydroxylation sites is 2. The molecule has 0 bridgehead atoms. The second-order valence-electron chi connectivity index (χ2n) is 3.74. The molecule has 0 heterocycles. The number of anilines is 1. The molecule has 0 spiro atoms. The molecule has 0 saturated heterocycles.